The van der Waals surface area contributed by atoms with Crippen LogP contribution in [0.3, 0.4) is 0 Å². The Morgan fingerprint density at radius 3 is 2.74 bits per heavy atom. The van der Waals surface area contributed by atoms with E-state index >= 15 is 0 Å². The van der Waals surface area contributed by atoms with E-state index in [0.29, 0.717) is 4.90 Å². The molecule has 0 spiro atoms. The lowest BCUT2D eigenvalue weighted by Gasteiger charge is -2.25. The van der Waals surface area contributed by atoms with Gasteiger partial charge in [-0.15, -0.1) is 11.8 Å². The lowest BCUT2D eigenvalue weighted by molar-refractivity contribution is -0.137. The number of nitrogens with one attached hydrogen (secondary N) is 2. The van der Waals surface area contributed by atoms with E-state index in [9.17, 15) is 22.8 Å². The number of thioether (sulfide) groups is 1. The molecule has 1 aliphatic rings. The smallest absolute Gasteiger partial charge is 0.354 e. The highest BCUT2D eigenvalue weighted by molar-refractivity contribution is 8.01. The Bertz CT molecular complexity index is 619. The molecular formula is C15H17F3N2O2S. The van der Waals surface area contributed by atoms with Gasteiger partial charge in [0, 0.05) is 17.4 Å². The highest BCUT2D eigenvalue weighted by Crippen LogP contribution is 2.40. The highest BCUT2D eigenvalue weighted by Gasteiger charge is 2.34. The predicted octanol–water partition coefficient (Wildman–Crippen LogP) is 3.42. The average molecular weight is 346 g/mol. The van der Waals surface area contributed by atoms with E-state index in [0.717, 1.165) is 30.3 Å². The number of amides is 2. The van der Waals surface area contributed by atoms with E-state index < -0.39 is 22.9 Å². The van der Waals surface area contributed by atoms with Gasteiger partial charge in [0.15, 0.2) is 0 Å². The molecule has 2 N–H and O–H groups in total. The van der Waals surface area contributed by atoms with Gasteiger partial charge in [0.25, 0.3) is 0 Å². The maximum Gasteiger partial charge on any atom is 0.416 e. The molecule has 0 saturated carbocycles. The summed E-state index contributed by atoms with van der Waals surface area (Å²) in [4.78, 5) is 24.4. The van der Waals surface area contributed by atoms with Crippen LogP contribution in [0.2, 0.25) is 0 Å². The van der Waals surface area contributed by atoms with Gasteiger partial charge in [-0.25, -0.2) is 0 Å². The first-order valence-corrected chi connectivity index (χ1v) is 8.06. The van der Waals surface area contributed by atoms with E-state index in [2.05, 4.69) is 10.6 Å². The summed E-state index contributed by atoms with van der Waals surface area (Å²) in [7, 11) is 0. The molecule has 2 rings (SSSR count). The molecule has 0 fully saturated rings. The number of benzene rings is 1. The number of hydrogen-bond donors (Lipinski definition) is 2. The number of alkyl halides is 3. The molecule has 0 saturated heterocycles. The van der Waals surface area contributed by atoms with Gasteiger partial charge in [-0.1, -0.05) is 6.92 Å². The van der Waals surface area contributed by atoms with Gasteiger partial charge in [0.2, 0.25) is 11.8 Å². The average Bonchev–Trinajstić information content (AvgIpc) is 2.46. The molecule has 1 aromatic carbocycles. The predicted molar refractivity (Wildman–Crippen MR) is 82.2 cm³/mol. The molecule has 0 radical (unpaired) electrons. The summed E-state index contributed by atoms with van der Waals surface area (Å²) < 4.78 is 38.1. The van der Waals surface area contributed by atoms with Crippen LogP contribution in [0.4, 0.5) is 18.9 Å². The normalized spacial score (nSPS) is 18.8. The molecule has 2 atom stereocenters. The van der Waals surface area contributed by atoms with Crippen molar-refractivity contribution in [2.45, 2.75) is 49.1 Å². The van der Waals surface area contributed by atoms with Crippen molar-refractivity contribution in [1.29, 1.82) is 0 Å². The molecule has 0 bridgehead atoms. The van der Waals surface area contributed by atoms with Crippen molar-refractivity contribution in [1.82, 2.24) is 5.32 Å². The quantitative estimate of drug-likeness (QED) is 0.878. The molecule has 0 aliphatic carbocycles. The first-order valence-electron chi connectivity index (χ1n) is 7.18. The van der Waals surface area contributed by atoms with Crippen LogP contribution in [0.25, 0.3) is 0 Å². The summed E-state index contributed by atoms with van der Waals surface area (Å²) in [5.41, 5.74) is -0.682. The fraction of sp³-hybridized carbons (Fsp3) is 0.467. The van der Waals surface area contributed by atoms with E-state index in [1.54, 1.807) is 0 Å². The SMILES string of the molecule is CC[C@@H](C)NC(=O)C[C@H]1Sc2ccc(C(F)(F)F)cc2NC1=O. The first kappa shape index (κ1) is 17.7. The Morgan fingerprint density at radius 1 is 1.43 bits per heavy atom. The molecular weight excluding hydrogens is 329 g/mol. The lowest BCUT2D eigenvalue weighted by Crippen LogP contribution is -2.38. The van der Waals surface area contributed by atoms with Crippen molar-refractivity contribution in [2.75, 3.05) is 5.32 Å². The molecule has 126 valence electrons. The zero-order chi connectivity index (χ0) is 17.2. The van der Waals surface area contributed by atoms with E-state index in [1.165, 1.54) is 6.07 Å². The van der Waals surface area contributed by atoms with Crippen LogP contribution in [0.5, 0.6) is 0 Å². The minimum atomic E-state index is -4.46. The molecule has 0 aromatic heterocycles. The maximum absolute atomic E-state index is 12.7. The number of carbonyl (C=O) groups excluding carboxylic acids is 2. The van der Waals surface area contributed by atoms with Crippen LogP contribution in [0, 0.1) is 0 Å². The summed E-state index contributed by atoms with van der Waals surface area (Å²) >= 11 is 1.11. The van der Waals surface area contributed by atoms with Crippen molar-refractivity contribution in [3.8, 4) is 0 Å². The number of fused-ring (bicyclic) bond motifs is 1. The minimum Gasteiger partial charge on any atom is -0.354 e. The van der Waals surface area contributed by atoms with Crippen molar-refractivity contribution >= 4 is 29.3 Å². The summed E-state index contributed by atoms with van der Waals surface area (Å²) in [6.45, 7) is 3.79. The molecule has 2 amide bonds. The van der Waals surface area contributed by atoms with Crippen molar-refractivity contribution < 1.29 is 22.8 Å². The Hall–Kier alpha value is -1.70. The second kappa shape index (κ2) is 6.82. The molecule has 1 aromatic rings. The Labute approximate surface area is 136 Å². The van der Waals surface area contributed by atoms with Crippen molar-refractivity contribution in [3.05, 3.63) is 23.8 Å². The molecule has 8 heteroatoms. The minimum absolute atomic E-state index is 0.0126. The molecule has 1 aliphatic heterocycles. The molecule has 23 heavy (non-hydrogen) atoms. The third-order valence-electron chi connectivity index (χ3n) is 3.52. The number of carbonyl (C=O) groups is 2. The van der Waals surface area contributed by atoms with Gasteiger partial charge >= 0.3 is 6.18 Å². The summed E-state index contributed by atoms with van der Waals surface area (Å²) in [5.74, 6) is -0.705. The Morgan fingerprint density at radius 2 is 2.13 bits per heavy atom. The van der Waals surface area contributed by atoms with Crippen molar-refractivity contribution in [3.63, 3.8) is 0 Å². The fourth-order valence-corrected chi connectivity index (χ4v) is 3.16. The summed E-state index contributed by atoms with van der Waals surface area (Å²) in [6, 6.07) is 3.22. The van der Waals surface area contributed by atoms with Gasteiger partial charge in [-0.05, 0) is 31.5 Å². The maximum atomic E-state index is 12.7. The lowest BCUT2D eigenvalue weighted by atomic mass is 10.1. The molecule has 0 unspecified atom stereocenters. The standard InChI is InChI=1S/C15H17F3N2O2S/c1-3-8(2)19-13(21)7-12-14(22)20-10-6-9(15(16,17)18)4-5-11(10)23-12/h4-6,8,12H,3,7H2,1-2H3,(H,19,21)(H,20,22)/t8-,12-/m1/s1. The first-order chi connectivity index (χ1) is 10.7. The Kier molecular flexibility index (Phi) is 5.23. The van der Waals surface area contributed by atoms with Crippen LogP contribution in [0.1, 0.15) is 32.3 Å². The van der Waals surface area contributed by atoms with E-state index in [1.807, 2.05) is 13.8 Å². The number of rotatable bonds is 4. The molecule has 1 heterocycles. The third-order valence-corrected chi connectivity index (χ3v) is 4.79. The number of hydrogen-bond acceptors (Lipinski definition) is 3. The van der Waals surface area contributed by atoms with E-state index in [4.69, 9.17) is 0 Å². The van der Waals surface area contributed by atoms with Gasteiger partial charge in [0.05, 0.1) is 16.5 Å². The van der Waals surface area contributed by atoms with Gasteiger partial charge in [0.1, 0.15) is 0 Å². The van der Waals surface area contributed by atoms with E-state index in [-0.39, 0.29) is 24.1 Å². The van der Waals surface area contributed by atoms with Crippen LogP contribution in [-0.2, 0) is 15.8 Å². The zero-order valence-electron chi connectivity index (χ0n) is 12.7. The zero-order valence-corrected chi connectivity index (χ0v) is 13.5. The van der Waals surface area contributed by atoms with Crippen molar-refractivity contribution in [2.24, 2.45) is 0 Å². The van der Waals surface area contributed by atoms with Crippen LogP contribution in [0.15, 0.2) is 23.1 Å². The largest absolute Gasteiger partial charge is 0.416 e. The topological polar surface area (TPSA) is 58.2 Å². The summed E-state index contributed by atoms with van der Waals surface area (Å²) in [6.07, 6.45) is -3.70. The van der Waals surface area contributed by atoms with Crippen LogP contribution >= 0.6 is 11.8 Å². The summed E-state index contributed by atoms with van der Waals surface area (Å²) in [5, 5.41) is 4.57. The van der Waals surface area contributed by atoms with Crippen LogP contribution in [-0.4, -0.2) is 23.1 Å². The van der Waals surface area contributed by atoms with Crippen LogP contribution < -0.4 is 10.6 Å². The van der Waals surface area contributed by atoms with Gasteiger partial charge < -0.3 is 10.6 Å². The van der Waals surface area contributed by atoms with Gasteiger partial charge in [-0.3, -0.25) is 9.59 Å². The third kappa shape index (κ3) is 4.40. The molecule has 4 nitrogen and oxygen atoms in total. The number of halogens is 3. The fourth-order valence-electron chi connectivity index (χ4n) is 2.07. The second-order valence-corrected chi connectivity index (χ2v) is 6.63. The Balaban J connectivity index is 2.09. The monoisotopic (exact) mass is 346 g/mol. The number of anilines is 1. The highest BCUT2D eigenvalue weighted by atomic mass is 32.2. The van der Waals surface area contributed by atoms with Gasteiger partial charge in [-0.2, -0.15) is 13.2 Å². The second-order valence-electron chi connectivity index (χ2n) is 5.39.